The molecule has 2 aromatic rings. The predicted molar refractivity (Wildman–Crippen MR) is 91.9 cm³/mol. The molecular weight excluding hydrogens is 328 g/mol. The van der Waals surface area contributed by atoms with E-state index >= 15 is 0 Å². The number of carbonyl (C=O) groups is 3. The van der Waals surface area contributed by atoms with E-state index < -0.39 is 24.4 Å². The van der Waals surface area contributed by atoms with E-state index in [9.17, 15) is 14.4 Å². The minimum atomic E-state index is -0.625. The normalized spacial score (nSPS) is 11.5. The first-order chi connectivity index (χ1) is 11.5. The molecule has 1 heterocycles. The van der Waals surface area contributed by atoms with Crippen molar-refractivity contribution in [3.05, 3.63) is 52.9 Å². The van der Waals surface area contributed by atoms with Gasteiger partial charge in [-0.15, -0.1) is 11.3 Å². The SMILES string of the molecule is CC(CC(=O)OCC(=O)Nc1sccc1C(N)=O)c1ccccc1. The Balaban J connectivity index is 1.80. The van der Waals surface area contributed by atoms with Gasteiger partial charge in [-0.25, -0.2) is 0 Å². The fraction of sp³-hybridized carbons (Fsp3) is 0.235. The second-order valence-electron chi connectivity index (χ2n) is 5.25. The van der Waals surface area contributed by atoms with Crippen molar-refractivity contribution in [3.8, 4) is 0 Å². The lowest BCUT2D eigenvalue weighted by molar-refractivity contribution is -0.147. The van der Waals surface area contributed by atoms with Crippen molar-refractivity contribution in [3.63, 3.8) is 0 Å². The Morgan fingerprint density at radius 3 is 2.58 bits per heavy atom. The number of nitrogens with one attached hydrogen (secondary N) is 1. The maximum absolute atomic E-state index is 11.8. The van der Waals surface area contributed by atoms with Crippen LogP contribution in [0.1, 0.15) is 35.2 Å². The van der Waals surface area contributed by atoms with Crippen LogP contribution in [0.3, 0.4) is 0 Å². The van der Waals surface area contributed by atoms with Crippen LogP contribution < -0.4 is 11.1 Å². The van der Waals surface area contributed by atoms with Gasteiger partial charge in [0.25, 0.3) is 11.8 Å². The lowest BCUT2D eigenvalue weighted by Crippen LogP contribution is -2.22. The van der Waals surface area contributed by atoms with E-state index in [0.717, 1.165) is 5.56 Å². The number of hydrogen-bond acceptors (Lipinski definition) is 5. The van der Waals surface area contributed by atoms with Gasteiger partial charge in [-0.1, -0.05) is 37.3 Å². The standard InChI is InChI=1S/C17H18N2O4S/c1-11(12-5-3-2-4-6-12)9-15(21)23-10-14(20)19-17-13(16(18)22)7-8-24-17/h2-8,11H,9-10H2,1H3,(H2,18,22)(H,19,20). The lowest BCUT2D eigenvalue weighted by Gasteiger charge is -2.11. The Labute approximate surface area is 143 Å². The number of carbonyl (C=O) groups excluding carboxylic acids is 3. The van der Waals surface area contributed by atoms with Crippen LogP contribution in [0.2, 0.25) is 0 Å². The molecule has 0 aliphatic rings. The zero-order valence-electron chi connectivity index (χ0n) is 13.2. The van der Waals surface area contributed by atoms with Gasteiger partial charge in [0, 0.05) is 0 Å². The van der Waals surface area contributed by atoms with E-state index in [1.54, 1.807) is 5.38 Å². The van der Waals surface area contributed by atoms with Crippen LogP contribution >= 0.6 is 11.3 Å². The Hall–Kier alpha value is -2.67. The molecule has 0 spiro atoms. The zero-order valence-corrected chi connectivity index (χ0v) is 14.0. The highest BCUT2D eigenvalue weighted by Gasteiger charge is 2.16. The van der Waals surface area contributed by atoms with E-state index in [1.165, 1.54) is 17.4 Å². The number of ether oxygens (including phenoxy) is 1. The lowest BCUT2D eigenvalue weighted by atomic mass is 9.98. The van der Waals surface area contributed by atoms with Gasteiger partial charge in [-0.05, 0) is 22.9 Å². The largest absolute Gasteiger partial charge is 0.456 e. The summed E-state index contributed by atoms with van der Waals surface area (Å²) in [6.07, 6.45) is 0.183. The highest BCUT2D eigenvalue weighted by molar-refractivity contribution is 7.14. The average molecular weight is 346 g/mol. The van der Waals surface area contributed by atoms with Crippen LogP contribution in [0.5, 0.6) is 0 Å². The first-order valence-electron chi connectivity index (χ1n) is 7.35. The van der Waals surface area contributed by atoms with Gasteiger partial charge in [-0.3, -0.25) is 14.4 Å². The minimum absolute atomic E-state index is 0.000483. The summed E-state index contributed by atoms with van der Waals surface area (Å²) in [6, 6.07) is 11.1. The highest BCUT2D eigenvalue weighted by atomic mass is 32.1. The predicted octanol–water partition coefficient (Wildman–Crippen LogP) is 2.52. The van der Waals surface area contributed by atoms with Gasteiger partial charge in [-0.2, -0.15) is 0 Å². The van der Waals surface area contributed by atoms with E-state index in [0.29, 0.717) is 5.00 Å². The molecule has 0 saturated carbocycles. The number of thiophene rings is 1. The summed E-state index contributed by atoms with van der Waals surface area (Å²) in [5, 5.41) is 4.50. The molecule has 2 amide bonds. The molecule has 0 aliphatic carbocycles. The molecular formula is C17H18N2O4S. The molecule has 1 atom stereocenters. The maximum atomic E-state index is 11.8. The fourth-order valence-electron chi connectivity index (χ4n) is 2.12. The molecule has 0 saturated heterocycles. The van der Waals surface area contributed by atoms with E-state index in [2.05, 4.69) is 5.32 Å². The number of amides is 2. The number of rotatable bonds is 7. The van der Waals surface area contributed by atoms with E-state index in [-0.39, 0.29) is 17.9 Å². The van der Waals surface area contributed by atoms with Gasteiger partial charge < -0.3 is 15.8 Å². The van der Waals surface area contributed by atoms with Crippen LogP contribution in [0.4, 0.5) is 5.00 Å². The van der Waals surface area contributed by atoms with Crippen LogP contribution in [-0.4, -0.2) is 24.4 Å². The molecule has 1 aromatic carbocycles. The van der Waals surface area contributed by atoms with Crippen molar-refractivity contribution in [2.75, 3.05) is 11.9 Å². The molecule has 6 nitrogen and oxygen atoms in total. The van der Waals surface area contributed by atoms with Crippen LogP contribution in [0, 0.1) is 0 Å². The Bertz CT molecular complexity index is 727. The maximum Gasteiger partial charge on any atom is 0.306 e. The zero-order chi connectivity index (χ0) is 17.5. The summed E-state index contributed by atoms with van der Waals surface area (Å²) < 4.78 is 4.98. The van der Waals surface area contributed by atoms with Crippen molar-refractivity contribution >= 4 is 34.1 Å². The Morgan fingerprint density at radius 2 is 1.92 bits per heavy atom. The van der Waals surface area contributed by atoms with Crippen molar-refractivity contribution in [2.45, 2.75) is 19.3 Å². The second-order valence-corrected chi connectivity index (χ2v) is 6.17. The molecule has 0 fully saturated rings. The molecule has 126 valence electrons. The molecule has 0 radical (unpaired) electrons. The first-order valence-corrected chi connectivity index (χ1v) is 8.23. The summed E-state index contributed by atoms with van der Waals surface area (Å²) in [5.74, 6) is -1.59. The van der Waals surface area contributed by atoms with Gasteiger partial charge in [0.2, 0.25) is 0 Å². The number of benzene rings is 1. The van der Waals surface area contributed by atoms with E-state index in [1.807, 2.05) is 37.3 Å². The third kappa shape index (κ3) is 4.92. The summed E-state index contributed by atoms with van der Waals surface area (Å²) in [4.78, 5) is 34.8. The van der Waals surface area contributed by atoms with Gasteiger partial charge in [0.1, 0.15) is 5.00 Å². The monoisotopic (exact) mass is 346 g/mol. The van der Waals surface area contributed by atoms with Crippen LogP contribution in [0.25, 0.3) is 0 Å². The fourth-order valence-corrected chi connectivity index (χ4v) is 2.93. The van der Waals surface area contributed by atoms with Crippen molar-refractivity contribution in [1.29, 1.82) is 0 Å². The molecule has 1 unspecified atom stereocenters. The minimum Gasteiger partial charge on any atom is -0.456 e. The highest BCUT2D eigenvalue weighted by Crippen LogP contribution is 2.22. The van der Waals surface area contributed by atoms with Crippen LogP contribution in [-0.2, 0) is 14.3 Å². The molecule has 7 heteroatoms. The Morgan fingerprint density at radius 1 is 1.21 bits per heavy atom. The van der Waals surface area contributed by atoms with Gasteiger partial charge in [0.05, 0.1) is 12.0 Å². The van der Waals surface area contributed by atoms with Crippen molar-refractivity contribution < 1.29 is 19.1 Å². The quantitative estimate of drug-likeness (QED) is 0.753. The summed E-state index contributed by atoms with van der Waals surface area (Å²) in [6.45, 7) is 1.51. The topological polar surface area (TPSA) is 98.5 Å². The molecule has 0 aliphatic heterocycles. The summed E-state index contributed by atoms with van der Waals surface area (Å²) >= 11 is 1.18. The third-order valence-electron chi connectivity index (χ3n) is 3.39. The smallest absolute Gasteiger partial charge is 0.306 e. The van der Waals surface area contributed by atoms with Gasteiger partial charge in [0.15, 0.2) is 6.61 Å². The van der Waals surface area contributed by atoms with Gasteiger partial charge >= 0.3 is 5.97 Å². The molecule has 2 rings (SSSR count). The summed E-state index contributed by atoms with van der Waals surface area (Å²) in [5.41, 5.74) is 6.46. The van der Waals surface area contributed by atoms with Crippen LogP contribution in [0.15, 0.2) is 41.8 Å². The molecule has 3 N–H and O–H groups in total. The Kier molecular flexibility index (Phi) is 6.08. The number of primary amides is 1. The number of hydrogen-bond donors (Lipinski definition) is 2. The number of esters is 1. The molecule has 0 bridgehead atoms. The first kappa shape index (κ1) is 17.7. The third-order valence-corrected chi connectivity index (χ3v) is 4.22. The average Bonchev–Trinajstić information content (AvgIpc) is 3.02. The van der Waals surface area contributed by atoms with E-state index in [4.69, 9.17) is 10.5 Å². The summed E-state index contributed by atoms with van der Waals surface area (Å²) in [7, 11) is 0. The van der Waals surface area contributed by atoms with Crippen molar-refractivity contribution in [2.24, 2.45) is 5.73 Å². The second kappa shape index (κ2) is 8.26. The molecule has 1 aromatic heterocycles. The molecule has 24 heavy (non-hydrogen) atoms. The number of anilines is 1. The van der Waals surface area contributed by atoms with Crippen molar-refractivity contribution in [1.82, 2.24) is 0 Å². The number of nitrogens with two attached hydrogens (primary N) is 1.